The Morgan fingerprint density at radius 3 is 2.67 bits per heavy atom. The van der Waals surface area contributed by atoms with E-state index in [-0.39, 0.29) is 0 Å². The van der Waals surface area contributed by atoms with Crippen molar-refractivity contribution in [3.63, 3.8) is 0 Å². The van der Waals surface area contributed by atoms with Crippen molar-refractivity contribution in [2.24, 2.45) is 5.92 Å². The van der Waals surface area contributed by atoms with Gasteiger partial charge >= 0.3 is 0 Å². The van der Waals surface area contributed by atoms with Crippen LogP contribution in [0.4, 0.5) is 0 Å². The van der Waals surface area contributed by atoms with Crippen LogP contribution in [0.2, 0.25) is 0 Å². The van der Waals surface area contributed by atoms with Gasteiger partial charge in [0.15, 0.2) is 0 Å². The standard InChI is InChI=1S/C8H15N/c1-2-8-6-3-4-7(5-6)9-8/h6-9H,2-5H2,1H3/t6-,7+,8?/m0/s1. The number of hydrogen-bond donors (Lipinski definition) is 1. The molecule has 1 aliphatic carbocycles. The smallest absolute Gasteiger partial charge is 0.00958 e. The molecular formula is C8H15N. The first-order chi connectivity index (χ1) is 4.40. The van der Waals surface area contributed by atoms with Crippen LogP contribution in [0.25, 0.3) is 0 Å². The topological polar surface area (TPSA) is 12.0 Å². The molecule has 3 atom stereocenters. The second kappa shape index (κ2) is 1.98. The highest BCUT2D eigenvalue weighted by atomic mass is 15.0. The molecule has 0 aromatic heterocycles. The number of rotatable bonds is 1. The van der Waals surface area contributed by atoms with Crippen molar-refractivity contribution in [2.75, 3.05) is 0 Å². The summed E-state index contributed by atoms with van der Waals surface area (Å²) in [7, 11) is 0. The molecule has 2 aliphatic rings. The van der Waals surface area contributed by atoms with Crippen molar-refractivity contribution in [3.8, 4) is 0 Å². The van der Waals surface area contributed by atoms with E-state index in [1.807, 2.05) is 0 Å². The third-order valence-corrected chi connectivity index (χ3v) is 2.93. The highest BCUT2D eigenvalue weighted by molar-refractivity contribution is 4.95. The van der Waals surface area contributed by atoms with Gasteiger partial charge in [-0.25, -0.2) is 0 Å². The lowest BCUT2D eigenvalue weighted by molar-refractivity contribution is 0.373. The maximum atomic E-state index is 3.64. The van der Waals surface area contributed by atoms with Gasteiger partial charge < -0.3 is 5.32 Å². The lowest BCUT2D eigenvalue weighted by atomic mass is 9.98. The Kier molecular flexibility index (Phi) is 1.26. The van der Waals surface area contributed by atoms with Crippen molar-refractivity contribution in [2.45, 2.75) is 44.7 Å². The van der Waals surface area contributed by atoms with Crippen molar-refractivity contribution >= 4 is 0 Å². The Bertz CT molecular complexity index is 111. The molecule has 1 N–H and O–H groups in total. The van der Waals surface area contributed by atoms with Crippen LogP contribution in [-0.2, 0) is 0 Å². The number of hydrogen-bond acceptors (Lipinski definition) is 1. The Labute approximate surface area is 56.8 Å². The molecule has 1 nitrogen and oxygen atoms in total. The van der Waals surface area contributed by atoms with Crippen molar-refractivity contribution < 1.29 is 0 Å². The highest BCUT2D eigenvalue weighted by Gasteiger charge is 2.37. The van der Waals surface area contributed by atoms with Crippen molar-refractivity contribution in [1.82, 2.24) is 5.32 Å². The zero-order valence-electron chi connectivity index (χ0n) is 6.06. The van der Waals surface area contributed by atoms with Crippen LogP contribution in [0, 0.1) is 5.92 Å². The molecule has 2 fully saturated rings. The maximum absolute atomic E-state index is 3.64. The molecule has 0 aromatic carbocycles. The molecule has 2 rings (SSSR count). The summed E-state index contributed by atoms with van der Waals surface area (Å²) in [5, 5.41) is 3.64. The quantitative estimate of drug-likeness (QED) is 0.560. The van der Waals surface area contributed by atoms with Gasteiger partial charge in [0.05, 0.1) is 0 Å². The van der Waals surface area contributed by atoms with Crippen LogP contribution in [0.1, 0.15) is 32.6 Å². The van der Waals surface area contributed by atoms with Crippen LogP contribution in [-0.4, -0.2) is 12.1 Å². The lowest BCUT2D eigenvalue weighted by Crippen LogP contribution is -2.34. The average Bonchev–Trinajstić information content (AvgIpc) is 2.45. The molecule has 1 unspecified atom stereocenters. The predicted molar refractivity (Wildman–Crippen MR) is 38.3 cm³/mol. The van der Waals surface area contributed by atoms with Crippen LogP contribution < -0.4 is 5.32 Å². The van der Waals surface area contributed by atoms with Gasteiger partial charge in [-0.3, -0.25) is 0 Å². The number of fused-ring (bicyclic) bond motifs is 2. The summed E-state index contributed by atoms with van der Waals surface area (Å²) in [6.07, 6.45) is 5.75. The average molecular weight is 125 g/mol. The Hall–Kier alpha value is -0.0400. The summed E-state index contributed by atoms with van der Waals surface area (Å²) in [6, 6.07) is 1.78. The Balaban J connectivity index is 2.01. The van der Waals surface area contributed by atoms with Gasteiger partial charge in [0.25, 0.3) is 0 Å². The third-order valence-electron chi connectivity index (χ3n) is 2.93. The molecule has 1 heteroatoms. The SMILES string of the molecule is CCC1N[C@@H]2CC[C@H]1C2. The summed E-state index contributed by atoms with van der Waals surface area (Å²) in [5.41, 5.74) is 0. The number of nitrogens with one attached hydrogen (secondary N) is 1. The first-order valence-electron chi connectivity index (χ1n) is 4.16. The van der Waals surface area contributed by atoms with Gasteiger partial charge in [-0.15, -0.1) is 0 Å². The zero-order chi connectivity index (χ0) is 6.27. The molecule has 1 aliphatic heterocycles. The van der Waals surface area contributed by atoms with E-state index < -0.39 is 0 Å². The van der Waals surface area contributed by atoms with E-state index in [0.29, 0.717) is 0 Å². The van der Waals surface area contributed by atoms with Crippen LogP contribution in [0.15, 0.2) is 0 Å². The second-order valence-corrected chi connectivity index (χ2v) is 3.45. The molecular weight excluding hydrogens is 110 g/mol. The van der Waals surface area contributed by atoms with Crippen LogP contribution in [0.3, 0.4) is 0 Å². The fourth-order valence-electron chi connectivity index (χ4n) is 2.42. The molecule has 52 valence electrons. The fourth-order valence-corrected chi connectivity index (χ4v) is 2.42. The second-order valence-electron chi connectivity index (χ2n) is 3.45. The van der Waals surface area contributed by atoms with E-state index in [9.17, 15) is 0 Å². The molecule has 1 heterocycles. The Morgan fingerprint density at radius 2 is 2.33 bits per heavy atom. The van der Waals surface area contributed by atoms with E-state index in [0.717, 1.165) is 18.0 Å². The van der Waals surface area contributed by atoms with Gasteiger partial charge in [0.1, 0.15) is 0 Å². The van der Waals surface area contributed by atoms with Gasteiger partial charge in [0.2, 0.25) is 0 Å². The fraction of sp³-hybridized carbons (Fsp3) is 1.00. The monoisotopic (exact) mass is 125 g/mol. The summed E-state index contributed by atoms with van der Waals surface area (Å²) < 4.78 is 0. The number of piperidine rings is 1. The normalized spacial score (nSPS) is 48.3. The molecule has 0 amide bonds. The van der Waals surface area contributed by atoms with Crippen LogP contribution >= 0.6 is 0 Å². The maximum Gasteiger partial charge on any atom is 0.00958 e. The van der Waals surface area contributed by atoms with Gasteiger partial charge in [-0.1, -0.05) is 6.92 Å². The van der Waals surface area contributed by atoms with E-state index in [1.54, 1.807) is 0 Å². The third kappa shape index (κ3) is 0.787. The molecule has 9 heavy (non-hydrogen) atoms. The summed E-state index contributed by atoms with van der Waals surface area (Å²) in [4.78, 5) is 0. The predicted octanol–water partition coefficient (Wildman–Crippen LogP) is 1.54. The van der Waals surface area contributed by atoms with Gasteiger partial charge in [0, 0.05) is 12.1 Å². The molecule has 2 bridgehead atoms. The summed E-state index contributed by atoms with van der Waals surface area (Å²) in [6.45, 7) is 2.29. The minimum absolute atomic E-state index is 0.878. The van der Waals surface area contributed by atoms with Crippen molar-refractivity contribution in [1.29, 1.82) is 0 Å². The first kappa shape index (κ1) is 5.72. The van der Waals surface area contributed by atoms with E-state index in [1.165, 1.54) is 25.7 Å². The molecule has 0 radical (unpaired) electrons. The minimum Gasteiger partial charge on any atom is -0.311 e. The van der Waals surface area contributed by atoms with E-state index in [4.69, 9.17) is 0 Å². The lowest BCUT2D eigenvalue weighted by Gasteiger charge is -2.20. The van der Waals surface area contributed by atoms with Crippen LogP contribution in [0.5, 0.6) is 0 Å². The summed E-state index contributed by atoms with van der Waals surface area (Å²) in [5.74, 6) is 1.04. The molecule has 1 saturated heterocycles. The van der Waals surface area contributed by atoms with E-state index in [2.05, 4.69) is 12.2 Å². The van der Waals surface area contributed by atoms with E-state index >= 15 is 0 Å². The summed E-state index contributed by atoms with van der Waals surface area (Å²) >= 11 is 0. The molecule has 0 spiro atoms. The molecule has 1 saturated carbocycles. The Morgan fingerprint density at radius 1 is 1.44 bits per heavy atom. The van der Waals surface area contributed by atoms with Gasteiger partial charge in [-0.05, 0) is 31.6 Å². The largest absolute Gasteiger partial charge is 0.311 e. The van der Waals surface area contributed by atoms with Crippen molar-refractivity contribution in [3.05, 3.63) is 0 Å². The minimum atomic E-state index is 0.878. The first-order valence-corrected chi connectivity index (χ1v) is 4.16. The van der Waals surface area contributed by atoms with Gasteiger partial charge in [-0.2, -0.15) is 0 Å². The highest BCUT2D eigenvalue weighted by Crippen LogP contribution is 2.36. The zero-order valence-corrected chi connectivity index (χ0v) is 6.06. The molecule has 0 aromatic rings.